The highest BCUT2D eigenvalue weighted by Crippen LogP contribution is 2.12. The van der Waals surface area contributed by atoms with Crippen molar-refractivity contribution < 1.29 is 19.9 Å². The molecule has 0 saturated heterocycles. The molecule has 0 aliphatic carbocycles. The minimum Gasteiger partial charge on any atom is -0.480 e. The monoisotopic (exact) mass is 204 g/mol. The minimum absolute atomic E-state index is 0.121. The van der Waals surface area contributed by atoms with Gasteiger partial charge >= 0.3 is 13.1 Å². The van der Waals surface area contributed by atoms with Crippen molar-refractivity contribution in [2.75, 3.05) is 6.54 Å². The molecule has 0 aliphatic heterocycles. The molecule has 0 fully saturated rings. The summed E-state index contributed by atoms with van der Waals surface area (Å²) >= 11 is 0. The van der Waals surface area contributed by atoms with Crippen LogP contribution in [0.15, 0.2) is 0 Å². The molecule has 0 spiro atoms. The number of nitrogens with two attached hydrogens (primary N) is 2. The van der Waals surface area contributed by atoms with Crippen LogP contribution in [-0.4, -0.2) is 40.3 Å². The lowest BCUT2D eigenvalue weighted by molar-refractivity contribution is -0.143. The van der Waals surface area contributed by atoms with Crippen LogP contribution in [0.3, 0.4) is 0 Å². The Hall–Kier alpha value is -0.625. The summed E-state index contributed by atoms with van der Waals surface area (Å²) in [5.41, 5.74) is 9.36. The Morgan fingerprint density at radius 3 is 2.29 bits per heavy atom. The van der Waals surface area contributed by atoms with Gasteiger partial charge in [0.25, 0.3) is 0 Å². The van der Waals surface area contributed by atoms with E-state index < -0.39 is 18.6 Å². The number of hydrogen-bond acceptors (Lipinski definition) is 5. The average Bonchev–Trinajstić information content (AvgIpc) is 2.11. The second kappa shape index (κ2) is 5.97. The predicted molar refractivity (Wildman–Crippen MR) is 52.5 cm³/mol. The third kappa shape index (κ3) is 4.57. The van der Waals surface area contributed by atoms with Crippen molar-refractivity contribution in [3.05, 3.63) is 0 Å². The van der Waals surface area contributed by atoms with Crippen LogP contribution in [0.5, 0.6) is 0 Å². The largest absolute Gasteiger partial charge is 0.480 e. The molecule has 14 heavy (non-hydrogen) atoms. The molecule has 0 rings (SSSR count). The highest BCUT2D eigenvalue weighted by Gasteiger charge is 2.31. The zero-order valence-electron chi connectivity index (χ0n) is 8.02. The molecule has 0 saturated carbocycles. The Balaban J connectivity index is 3.79. The Labute approximate surface area is 83.0 Å². The normalized spacial score (nSPS) is 14.9. The number of aliphatic carboxylic acids is 1. The van der Waals surface area contributed by atoms with Crippen molar-refractivity contribution in [3.63, 3.8) is 0 Å². The average molecular weight is 204 g/mol. The van der Waals surface area contributed by atoms with Crippen LogP contribution in [0.4, 0.5) is 0 Å². The fourth-order valence-corrected chi connectivity index (χ4v) is 1.06. The van der Waals surface area contributed by atoms with E-state index >= 15 is 0 Å². The maximum Gasteiger partial charge on any atom is 0.451 e. The van der Waals surface area contributed by atoms with Gasteiger partial charge in [-0.25, -0.2) is 0 Å². The maximum atomic E-state index is 10.7. The summed E-state index contributed by atoms with van der Waals surface area (Å²) in [7, 11) is -1.34. The smallest absolute Gasteiger partial charge is 0.451 e. The molecule has 0 aliphatic rings. The van der Waals surface area contributed by atoms with Crippen LogP contribution in [0.25, 0.3) is 0 Å². The first-order chi connectivity index (χ1) is 6.42. The van der Waals surface area contributed by atoms with Gasteiger partial charge in [0.05, 0.1) is 0 Å². The Bertz CT molecular complexity index is 191. The van der Waals surface area contributed by atoms with E-state index in [4.69, 9.17) is 26.6 Å². The zero-order valence-corrected chi connectivity index (χ0v) is 8.02. The quantitative estimate of drug-likeness (QED) is 0.250. The van der Waals surface area contributed by atoms with Crippen LogP contribution < -0.4 is 11.5 Å². The number of carboxylic acid groups (broad SMARTS) is 1. The van der Waals surface area contributed by atoms with Crippen LogP contribution in [0.1, 0.15) is 19.3 Å². The van der Waals surface area contributed by atoms with Crippen LogP contribution >= 0.6 is 0 Å². The van der Waals surface area contributed by atoms with Gasteiger partial charge < -0.3 is 26.6 Å². The molecule has 6 nitrogen and oxygen atoms in total. The van der Waals surface area contributed by atoms with E-state index in [9.17, 15) is 4.79 Å². The molecule has 0 radical (unpaired) electrons. The number of hydrogen-bond donors (Lipinski definition) is 5. The highest BCUT2D eigenvalue weighted by molar-refractivity contribution is 6.40. The van der Waals surface area contributed by atoms with Crippen molar-refractivity contribution in [1.82, 2.24) is 0 Å². The van der Waals surface area contributed by atoms with Crippen molar-refractivity contribution in [3.8, 4) is 0 Å². The van der Waals surface area contributed by atoms with Crippen LogP contribution in [0.2, 0.25) is 6.32 Å². The first kappa shape index (κ1) is 13.4. The third-order valence-electron chi connectivity index (χ3n) is 2.13. The second-order valence-corrected chi connectivity index (χ2v) is 3.39. The number of carbonyl (C=O) groups is 1. The molecule has 7 N–H and O–H groups in total. The van der Waals surface area contributed by atoms with Gasteiger partial charge in [-0.2, -0.15) is 0 Å². The predicted octanol–water partition coefficient (Wildman–Crippen LogP) is -1.63. The summed E-state index contributed by atoms with van der Waals surface area (Å²) in [5.74, 6) is -1.12. The lowest BCUT2D eigenvalue weighted by atomic mass is 9.82. The summed E-state index contributed by atoms with van der Waals surface area (Å²) in [6.07, 6.45) is 1.49. The molecule has 0 bridgehead atoms. The number of carboxylic acids is 1. The molecule has 0 aromatic rings. The van der Waals surface area contributed by atoms with E-state index in [1.54, 1.807) is 0 Å². The highest BCUT2D eigenvalue weighted by atomic mass is 16.4. The summed E-state index contributed by atoms with van der Waals surface area (Å²) in [6.45, 7) is -0.121. The lowest BCUT2D eigenvalue weighted by Crippen LogP contribution is -2.53. The van der Waals surface area contributed by atoms with Gasteiger partial charge in [0.2, 0.25) is 0 Å². The van der Waals surface area contributed by atoms with E-state index in [0.29, 0.717) is 12.8 Å². The van der Waals surface area contributed by atoms with Crippen molar-refractivity contribution >= 4 is 13.1 Å². The van der Waals surface area contributed by atoms with E-state index in [1.807, 2.05) is 0 Å². The fourth-order valence-electron chi connectivity index (χ4n) is 1.06. The molecule has 0 aromatic heterocycles. The maximum absolute atomic E-state index is 10.7. The minimum atomic E-state index is -1.39. The molecule has 1 unspecified atom stereocenters. The van der Waals surface area contributed by atoms with Crippen molar-refractivity contribution in [2.45, 2.75) is 31.1 Å². The van der Waals surface area contributed by atoms with E-state index in [2.05, 4.69) is 0 Å². The van der Waals surface area contributed by atoms with Gasteiger partial charge in [0.15, 0.2) is 0 Å². The first-order valence-corrected chi connectivity index (χ1v) is 4.51. The van der Waals surface area contributed by atoms with Gasteiger partial charge in [0, 0.05) is 6.54 Å². The molecule has 0 aromatic carbocycles. The molecular formula is C7H17BN2O4. The summed E-state index contributed by atoms with van der Waals surface area (Å²) < 4.78 is 0. The molecule has 7 heteroatoms. The molecule has 0 amide bonds. The van der Waals surface area contributed by atoms with E-state index in [1.165, 1.54) is 0 Å². The first-order valence-electron chi connectivity index (χ1n) is 4.51. The second-order valence-electron chi connectivity index (χ2n) is 3.39. The van der Waals surface area contributed by atoms with Crippen molar-refractivity contribution in [1.29, 1.82) is 0 Å². The SMILES string of the molecule is NCC(N)(CCCCB(O)O)C(=O)O. The Morgan fingerprint density at radius 2 is 1.93 bits per heavy atom. The molecule has 82 valence electrons. The summed E-state index contributed by atoms with van der Waals surface area (Å²) in [6, 6.07) is 0. The standard InChI is InChI=1S/C7H17BN2O4/c9-5-7(10,6(11)12)3-1-2-4-8(13)14/h13-14H,1-5,9-10H2,(H,11,12). The van der Waals surface area contributed by atoms with Crippen LogP contribution in [0, 0.1) is 0 Å². The van der Waals surface area contributed by atoms with Gasteiger partial charge in [-0.15, -0.1) is 0 Å². The summed E-state index contributed by atoms with van der Waals surface area (Å²) in [4.78, 5) is 10.7. The van der Waals surface area contributed by atoms with Gasteiger partial charge in [0.1, 0.15) is 5.54 Å². The van der Waals surface area contributed by atoms with Crippen molar-refractivity contribution in [2.24, 2.45) is 11.5 Å². The van der Waals surface area contributed by atoms with Gasteiger partial charge in [-0.1, -0.05) is 12.8 Å². The van der Waals surface area contributed by atoms with Crippen LogP contribution in [-0.2, 0) is 4.79 Å². The molecular weight excluding hydrogens is 187 g/mol. The lowest BCUT2D eigenvalue weighted by Gasteiger charge is -2.22. The molecule has 0 heterocycles. The number of rotatable bonds is 7. The fraction of sp³-hybridized carbons (Fsp3) is 0.857. The topological polar surface area (TPSA) is 130 Å². The Morgan fingerprint density at radius 1 is 1.36 bits per heavy atom. The summed E-state index contributed by atoms with van der Waals surface area (Å²) in [5, 5.41) is 25.8. The zero-order chi connectivity index (χ0) is 11.2. The van der Waals surface area contributed by atoms with Gasteiger partial charge in [-0.3, -0.25) is 4.79 Å². The molecule has 1 atom stereocenters. The third-order valence-corrected chi connectivity index (χ3v) is 2.13. The number of unbranched alkanes of at least 4 members (excludes halogenated alkanes) is 1. The van der Waals surface area contributed by atoms with Gasteiger partial charge in [-0.05, 0) is 12.7 Å². The van der Waals surface area contributed by atoms with E-state index in [-0.39, 0.29) is 19.3 Å². The van der Waals surface area contributed by atoms with E-state index in [0.717, 1.165) is 0 Å². The Kier molecular flexibility index (Phi) is 5.70.